The number of rotatable bonds is 4. The van der Waals surface area contributed by atoms with Gasteiger partial charge in [0.1, 0.15) is 16.7 Å². The van der Waals surface area contributed by atoms with E-state index in [0.717, 1.165) is 10.2 Å². The van der Waals surface area contributed by atoms with Crippen LogP contribution >= 0.6 is 15.9 Å². The van der Waals surface area contributed by atoms with Crippen LogP contribution in [0.4, 0.5) is 11.4 Å². The number of hydrogen-bond donors (Lipinski definition) is 3. The summed E-state index contributed by atoms with van der Waals surface area (Å²) in [6, 6.07) is 15.3. The summed E-state index contributed by atoms with van der Waals surface area (Å²) in [6.45, 7) is 0. The number of fused-ring (bicyclic) bond motifs is 3. The van der Waals surface area contributed by atoms with Gasteiger partial charge in [0, 0.05) is 15.5 Å². The number of para-hydroxylation sites is 1. The number of furan rings is 1. The predicted octanol–water partition coefficient (Wildman–Crippen LogP) is 5.49. The molecule has 7 heteroatoms. The third-order valence-electron chi connectivity index (χ3n) is 4.21. The summed E-state index contributed by atoms with van der Waals surface area (Å²) in [5, 5.41) is 23.2. The molecule has 0 saturated carbocycles. The maximum atomic E-state index is 11.6. The zero-order chi connectivity index (χ0) is 19.1. The molecule has 1 heterocycles. The van der Waals surface area contributed by atoms with Crippen LogP contribution in [0.2, 0.25) is 0 Å². The van der Waals surface area contributed by atoms with E-state index in [1.54, 1.807) is 18.2 Å². The molecule has 4 aromatic rings. The number of anilines is 2. The molecule has 0 spiro atoms. The summed E-state index contributed by atoms with van der Waals surface area (Å²) >= 11 is 3.41. The Labute approximate surface area is 161 Å². The van der Waals surface area contributed by atoms with Crippen LogP contribution in [0.25, 0.3) is 21.9 Å². The van der Waals surface area contributed by atoms with Gasteiger partial charge in [0.05, 0.1) is 11.1 Å². The van der Waals surface area contributed by atoms with Crippen molar-refractivity contribution in [1.82, 2.24) is 0 Å². The SMILES string of the molecule is O=C(O)c1cccc2c1oc1c(C(=O)O)ccc(Nc3cccc(Br)c3)c12. The van der Waals surface area contributed by atoms with Crippen molar-refractivity contribution >= 4 is 61.2 Å². The van der Waals surface area contributed by atoms with Crippen molar-refractivity contribution in [3.05, 3.63) is 70.2 Å². The molecule has 0 bridgehead atoms. The van der Waals surface area contributed by atoms with Gasteiger partial charge < -0.3 is 19.9 Å². The zero-order valence-corrected chi connectivity index (χ0v) is 15.3. The van der Waals surface area contributed by atoms with Crippen LogP contribution in [0.5, 0.6) is 0 Å². The van der Waals surface area contributed by atoms with Gasteiger partial charge in [-0.05, 0) is 36.4 Å². The van der Waals surface area contributed by atoms with Gasteiger partial charge in [0.2, 0.25) is 0 Å². The molecule has 3 aromatic carbocycles. The molecule has 0 aliphatic rings. The van der Waals surface area contributed by atoms with Crippen molar-refractivity contribution in [1.29, 1.82) is 0 Å². The highest BCUT2D eigenvalue weighted by Crippen LogP contribution is 2.39. The minimum atomic E-state index is -1.15. The Kier molecular flexibility index (Phi) is 4.08. The lowest BCUT2D eigenvalue weighted by atomic mass is 10.0. The Morgan fingerprint density at radius 1 is 0.889 bits per heavy atom. The standard InChI is InChI=1S/C20H12BrNO5/c21-10-3-1-4-11(9-10)22-15-8-7-14(20(25)26)18-16(15)12-5-2-6-13(19(23)24)17(12)27-18/h1-9,22H,(H,23,24)(H,25,26). The summed E-state index contributed by atoms with van der Waals surface area (Å²) in [5.41, 5.74) is 1.63. The Bertz CT molecular complexity index is 1230. The van der Waals surface area contributed by atoms with Gasteiger partial charge in [-0.1, -0.05) is 34.1 Å². The first-order valence-corrected chi connectivity index (χ1v) is 8.72. The lowest BCUT2D eigenvalue weighted by Gasteiger charge is -2.09. The summed E-state index contributed by atoms with van der Waals surface area (Å²) in [6.07, 6.45) is 0. The number of carbonyl (C=O) groups is 2. The Hall–Kier alpha value is -3.32. The van der Waals surface area contributed by atoms with Crippen LogP contribution in [0.3, 0.4) is 0 Å². The average Bonchev–Trinajstić information content (AvgIpc) is 3.01. The summed E-state index contributed by atoms with van der Waals surface area (Å²) < 4.78 is 6.61. The number of nitrogens with one attached hydrogen (secondary N) is 1. The van der Waals surface area contributed by atoms with E-state index in [1.165, 1.54) is 12.1 Å². The van der Waals surface area contributed by atoms with Gasteiger partial charge in [-0.2, -0.15) is 0 Å². The minimum absolute atomic E-state index is 0.0200. The summed E-state index contributed by atoms with van der Waals surface area (Å²) in [5.74, 6) is -2.29. The second kappa shape index (κ2) is 6.44. The quantitative estimate of drug-likeness (QED) is 0.399. The van der Waals surface area contributed by atoms with E-state index in [2.05, 4.69) is 21.2 Å². The fourth-order valence-electron chi connectivity index (χ4n) is 3.06. The lowest BCUT2D eigenvalue weighted by Crippen LogP contribution is -1.98. The number of halogens is 1. The van der Waals surface area contributed by atoms with Crippen LogP contribution < -0.4 is 5.32 Å². The first-order valence-electron chi connectivity index (χ1n) is 7.93. The van der Waals surface area contributed by atoms with Gasteiger partial charge in [-0.3, -0.25) is 0 Å². The second-order valence-corrected chi connectivity index (χ2v) is 6.81. The molecule has 4 rings (SSSR count). The van der Waals surface area contributed by atoms with Crippen LogP contribution in [-0.2, 0) is 0 Å². The first kappa shape index (κ1) is 17.1. The molecule has 134 valence electrons. The lowest BCUT2D eigenvalue weighted by molar-refractivity contribution is 0.0688. The fourth-order valence-corrected chi connectivity index (χ4v) is 3.46. The number of carboxylic acids is 2. The molecular formula is C20H12BrNO5. The largest absolute Gasteiger partial charge is 0.478 e. The monoisotopic (exact) mass is 425 g/mol. The Morgan fingerprint density at radius 2 is 1.59 bits per heavy atom. The Balaban J connectivity index is 2.04. The molecule has 0 aliphatic carbocycles. The number of benzene rings is 3. The number of aromatic carboxylic acids is 2. The highest BCUT2D eigenvalue weighted by Gasteiger charge is 2.22. The van der Waals surface area contributed by atoms with Gasteiger partial charge in [-0.25, -0.2) is 9.59 Å². The van der Waals surface area contributed by atoms with Gasteiger partial charge >= 0.3 is 11.9 Å². The molecule has 1 aromatic heterocycles. The summed E-state index contributed by atoms with van der Waals surface area (Å²) in [4.78, 5) is 23.1. The highest BCUT2D eigenvalue weighted by molar-refractivity contribution is 9.10. The smallest absolute Gasteiger partial charge is 0.339 e. The molecule has 0 saturated heterocycles. The zero-order valence-electron chi connectivity index (χ0n) is 13.7. The number of carboxylic acid groups (broad SMARTS) is 2. The molecule has 0 aliphatic heterocycles. The van der Waals surface area contributed by atoms with Gasteiger partial charge in [0.25, 0.3) is 0 Å². The molecular weight excluding hydrogens is 414 g/mol. The normalized spacial score (nSPS) is 11.0. The first-order chi connectivity index (χ1) is 13.0. The highest BCUT2D eigenvalue weighted by atomic mass is 79.9. The maximum absolute atomic E-state index is 11.6. The molecule has 3 N–H and O–H groups in total. The van der Waals surface area contributed by atoms with E-state index in [4.69, 9.17) is 4.42 Å². The molecule has 0 fully saturated rings. The van der Waals surface area contributed by atoms with Crippen LogP contribution in [0, 0.1) is 0 Å². The van der Waals surface area contributed by atoms with Crippen molar-refractivity contribution in [2.75, 3.05) is 5.32 Å². The maximum Gasteiger partial charge on any atom is 0.339 e. The molecule has 0 atom stereocenters. The Morgan fingerprint density at radius 3 is 2.30 bits per heavy atom. The van der Waals surface area contributed by atoms with Crippen LogP contribution in [0.1, 0.15) is 20.7 Å². The van der Waals surface area contributed by atoms with E-state index >= 15 is 0 Å². The molecule has 27 heavy (non-hydrogen) atoms. The van der Waals surface area contributed by atoms with Gasteiger partial charge in [0.15, 0.2) is 5.58 Å². The number of hydrogen-bond acceptors (Lipinski definition) is 4. The third kappa shape index (κ3) is 2.92. The van der Waals surface area contributed by atoms with E-state index in [9.17, 15) is 19.8 Å². The van der Waals surface area contributed by atoms with Crippen LogP contribution in [-0.4, -0.2) is 22.2 Å². The van der Waals surface area contributed by atoms with Crippen molar-refractivity contribution in [2.24, 2.45) is 0 Å². The molecule has 0 amide bonds. The molecule has 0 radical (unpaired) electrons. The molecule has 0 unspecified atom stereocenters. The van der Waals surface area contributed by atoms with E-state index in [-0.39, 0.29) is 22.3 Å². The van der Waals surface area contributed by atoms with Crippen molar-refractivity contribution < 1.29 is 24.2 Å². The van der Waals surface area contributed by atoms with Crippen molar-refractivity contribution in [2.45, 2.75) is 0 Å². The van der Waals surface area contributed by atoms with Crippen molar-refractivity contribution in [3.63, 3.8) is 0 Å². The predicted molar refractivity (Wildman–Crippen MR) is 105 cm³/mol. The summed E-state index contributed by atoms with van der Waals surface area (Å²) in [7, 11) is 0. The topological polar surface area (TPSA) is 99.8 Å². The van der Waals surface area contributed by atoms with Crippen molar-refractivity contribution in [3.8, 4) is 0 Å². The minimum Gasteiger partial charge on any atom is -0.478 e. The fraction of sp³-hybridized carbons (Fsp3) is 0. The third-order valence-corrected chi connectivity index (χ3v) is 4.70. The molecule has 6 nitrogen and oxygen atoms in total. The van der Waals surface area contributed by atoms with E-state index in [1.807, 2.05) is 24.3 Å². The van der Waals surface area contributed by atoms with Crippen LogP contribution in [0.15, 0.2) is 63.5 Å². The average molecular weight is 426 g/mol. The van der Waals surface area contributed by atoms with Gasteiger partial charge in [-0.15, -0.1) is 0 Å². The van der Waals surface area contributed by atoms with E-state index in [0.29, 0.717) is 16.5 Å². The van der Waals surface area contributed by atoms with E-state index < -0.39 is 11.9 Å². The second-order valence-electron chi connectivity index (χ2n) is 5.89.